The van der Waals surface area contributed by atoms with Crippen LogP contribution in [-0.4, -0.2) is 14.5 Å². The van der Waals surface area contributed by atoms with Gasteiger partial charge in [-0.3, -0.25) is 0 Å². The first kappa shape index (κ1) is 15.8. The molecule has 0 bridgehead atoms. The van der Waals surface area contributed by atoms with Gasteiger partial charge < -0.3 is 9.88 Å². The van der Waals surface area contributed by atoms with Crippen LogP contribution in [0.4, 0.5) is 10.8 Å². The van der Waals surface area contributed by atoms with E-state index in [1.807, 2.05) is 6.20 Å². The molecule has 5 rings (SSSR count). The largest absolute Gasteiger partial charge is 0.332 e. The van der Waals surface area contributed by atoms with E-state index in [-0.39, 0.29) is 0 Å². The van der Waals surface area contributed by atoms with Crippen LogP contribution < -0.4 is 5.32 Å². The van der Waals surface area contributed by atoms with Gasteiger partial charge in [0.15, 0.2) is 5.13 Å². The van der Waals surface area contributed by atoms with E-state index in [1.54, 1.807) is 11.3 Å². The Hall–Kier alpha value is -2.40. The van der Waals surface area contributed by atoms with Crippen molar-refractivity contribution >= 4 is 28.4 Å². The Morgan fingerprint density at radius 2 is 2.08 bits per heavy atom. The maximum absolute atomic E-state index is 4.79. The monoisotopic (exact) mass is 362 g/mol. The minimum Gasteiger partial charge on any atom is -0.332 e. The summed E-state index contributed by atoms with van der Waals surface area (Å²) in [5, 5.41) is 6.51. The quantitative estimate of drug-likeness (QED) is 0.688. The fourth-order valence-electron chi connectivity index (χ4n) is 4.04. The predicted molar refractivity (Wildman–Crippen MR) is 108 cm³/mol. The highest BCUT2D eigenvalue weighted by atomic mass is 32.1. The second-order valence-corrected chi connectivity index (χ2v) is 8.88. The first-order valence-corrected chi connectivity index (χ1v) is 10.0. The number of anilines is 2. The topological polar surface area (TPSA) is 42.7 Å². The molecule has 0 saturated carbocycles. The molecule has 0 spiro atoms. The van der Waals surface area contributed by atoms with Crippen molar-refractivity contribution < 1.29 is 0 Å². The van der Waals surface area contributed by atoms with E-state index in [4.69, 9.17) is 4.98 Å². The first-order valence-electron chi connectivity index (χ1n) is 9.15. The fourth-order valence-corrected chi connectivity index (χ4v) is 4.76. The molecule has 1 aliphatic heterocycles. The highest BCUT2D eigenvalue weighted by molar-refractivity contribution is 7.14. The van der Waals surface area contributed by atoms with Crippen molar-refractivity contribution in [1.29, 1.82) is 0 Å². The van der Waals surface area contributed by atoms with Gasteiger partial charge in [-0.25, -0.2) is 9.97 Å². The zero-order chi connectivity index (χ0) is 17.7. The van der Waals surface area contributed by atoms with Gasteiger partial charge in [0, 0.05) is 23.7 Å². The second kappa shape index (κ2) is 5.81. The van der Waals surface area contributed by atoms with Crippen molar-refractivity contribution in [3.05, 3.63) is 52.8 Å². The number of fused-ring (bicyclic) bond motifs is 2. The zero-order valence-electron chi connectivity index (χ0n) is 15.1. The molecule has 5 heteroatoms. The lowest BCUT2D eigenvalue weighted by atomic mass is 9.90. The third-order valence-electron chi connectivity index (χ3n) is 5.22. The normalized spacial score (nSPS) is 17.2. The van der Waals surface area contributed by atoms with Crippen molar-refractivity contribution in [3.63, 3.8) is 0 Å². The lowest BCUT2D eigenvalue weighted by Gasteiger charge is -2.14. The van der Waals surface area contributed by atoms with E-state index in [9.17, 15) is 0 Å². The van der Waals surface area contributed by atoms with Crippen molar-refractivity contribution in [2.24, 2.45) is 5.41 Å². The van der Waals surface area contributed by atoms with Gasteiger partial charge in [-0.1, -0.05) is 26.0 Å². The van der Waals surface area contributed by atoms with Crippen LogP contribution in [0.5, 0.6) is 0 Å². The number of nitrogens with one attached hydrogen (secondary N) is 1. The number of benzene rings is 1. The summed E-state index contributed by atoms with van der Waals surface area (Å²) in [5.41, 5.74) is 6.49. The average Bonchev–Trinajstić information content (AvgIpc) is 3.29. The van der Waals surface area contributed by atoms with E-state index in [0.29, 0.717) is 5.41 Å². The molecule has 132 valence electrons. The Morgan fingerprint density at radius 1 is 1.19 bits per heavy atom. The molecule has 4 nitrogen and oxygen atoms in total. The van der Waals surface area contributed by atoms with Crippen LogP contribution in [0.3, 0.4) is 0 Å². The van der Waals surface area contributed by atoms with Gasteiger partial charge in [-0.05, 0) is 47.9 Å². The number of nitrogens with zero attached hydrogens (tertiary/aromatic N) is 3. The van der Waals surface area contributed by atoms with Crippen LogP contribution in [0.1, 0.15) is 37.2 Å². The Balaban J connectivity index is 1.39. The molecule has 0 atom stereocenters. The molecule has 1 N–H and O–H groups in total. The fraction of sp³-hybridized carbons (Fsp3) is 0.333. The highest BCUT2D eigenvalue weighted by Crippen LogP contribution is 2.38. The Morgan fingerprint density at radius 3 is 3.00 bits per heavy atom. The third-order valence-corrected chi connectivity index (χ3v) is 5.98. The summed E-state index contributed by atoms with van der Waals surface area (Å²) in [6, 6.07) is 6.72. The SMILES string of the molecule is CC1(C)Cc2ccc(Nc3nc(-c4cnc5n4C=CCC5)cs3)cc2C1. The second-order valence-electron chi connectivity index (χ2n) is 8.02. The number of allylic oxidation sites excluding steroid dienone is 1. The molecule has 0 unspecified atom stereocenters. The summed E-state index contributed by atoms with van der Waals surface area (Å²) in [7, 11) is 0. The van der Waals surface area contributed by atoms with E-state index in [2.05, 4.69) is 64.6 Å². The summed E-state index contributed by atoms with van der Waals surface area (Å²) in [4.78, 5) is 9.33. The molecular weight excluding hydrogens is 340 g/mol. The standard InChI is InChI=1S/C21H22N4S/c1-21(2)10-14-6-7-16(9-15(14)11-21)23-20-24-17(13-26-20)18-12-22-19-5-3-4-8-25(18)19/h4,6-9,12-13H,3,5,10-11H2,1-2H3,(H,23,24). The van der Waals surface area contributed by atoms with Gasteiger partial charge in [-0.2, -0.15) is 0 Å². The minimum absolute atomic E-state index is 0.379. The summed E-state index contributed by atoms with van der Waals surface area (Å²) >= 11 is 1.64. The lowest BCUT2D eigenvalue weighted by Crippen LogP contribution is -2.09. The number of imidazole rings is 1. The van der Waals surface area contributed by atoms with E-state index in [1.165, 1.54) is 17.5 Å². The van der Waals surface area contributed by atoms with Crippen LogP contribution >= 0.6 is 11.3 Å². The Kier molecular flexibility index (Phi) is 3.54. The third kappa shape index (κ3) is 2.76. The number of aryl methyl sites for hydroxylation is 1. The number of hydrogen-bond acceptors (Lipinski definition) is 4. The molecule has 1 aliphatic carbocycles. The highest BCUT2D eigenvalue weighted by Gasteiger charge is 2.28. The molecule has 1 aromatic carbocycles. The Bertz CT molecular complexity index is 1010. The number of rotatable bonds is 3. The van der Waals surface area contributed by atoms with Crippen molar-refractivity contribution in [2.45, 2.75) is 39.5 Å². The smallest absolute Gasteiger partial charge is 0.187 e. The molecule has 0 fully saturated rings. The molecule has 3 aromatic rings. The van der Waals surface area contributed by atoms with Crippen LogP contribution in [0.2, 0.25) is 0 Å². The zero-order valence-corrected chi connectivity index (χ0v) is 15.9. The molecule has 26 heavy (non-hydrogen) atoms. The van der Waals surface area contributed by atoms with Crippen LogP contribution in [0, 0.1) is 5.41 Å². The van der Waals surface area contributed by atoms with E-state index < -0.39 is 0 Å². The maximum atomic E-state index is 4.79. The molecule has 0 radical (unpaired) electrons. The molecule has 2 aromatic heterocycles. The van der Waals surface area contributed by atoms with Crippen LogP contribution in [-0.2, 0) is 19.3 Å². The summed E-state index contributed by atoms with van der Waals surface area (Å²) in [5.74, 6) is 1.12. The maximum Gasteiger partial charge on any atom is 0.187 e. The van der Waals surface area contributed by atoms with Gasteiger partial charge in [0.1, 0.15) is 11.5 Å². The van der Waals surface area contributed by atoms with Crippen LogP contribution in [0.25, 0.3) is 17.6 Å². The molecule has 2 aliphatic rings. The van der Waals surface area contributed by atoms with Crippen LogP contribution in [0.15, 0.2) is 35.9 Å². The summed E-state index contributed by atoms with van der Waals surface area (Å²) in [6.45, 7) is 4.68. The van der Waals surface area contributed by atoms with Gasteiger partial charge >= 0.3 is 0 Å². The van der Waals surface area contributed by atoms with Crippen molar-refractivity contribution in [2.75, 3.05) is 5.32 Å². The van der Waals surface area contributed by atoms with Gasteiger partial charge in [0.25, 0.3) is 0 Å². The number of hydrogen-bond donors (Lipinski definition) is 1. The molecule has 0 amide bonds. The van der Waals surface area contributed by atoms with Gasteiger partial charge in [-0.15, -0.1) is 11.3 Å². The molecule has 0 saturated heterocycles. The van der Waals surface area contributed by atoms with E-state index in [0.717, 1.165) is 47.3 Å². The number of aromatic nitrogens is 3. The summed E-state index contributed by atoms with van der Waals surface area (Å²) < 4.78 is 2.15. The van der Waals surface area contributed by atoms with Gasteiger partial charge in [0.2, 0.25) is 0 Å². The van der Waals surface area contributed by atoms with E-state index >= 15 is 0 Å². The average molecular weight is 363 g/mol. The number of thiazole rings is 1. The predicted octanol–water partition coefficient (Wildman–Crippen LogP) is 5.29. The minimum atomic E-state index is 0.379. The first-order chi connectivity index (χ1) is 12.6. The lowest BCUT2D eigenvalue weighted by molar-refractivity contribution is 0.392. The Labute approximate surface area is 157 Å². The molecule has 3 heterocycles. The molecular formula is C21H22N4S. The van der Waals surface area contributed by atoms with Crippen molar-refractivity contribution in [1.82, 2.24) is 14.5 Å². The van der Waals surface area contributed by atoms with Gasteiger partial charge in [0.05, 0.1) is 11.9 Å². The van der Waals surface area contributed by atoms with Crippen molar-refractivity contribution in [3.8, 4) is 11.4 Å². The summed E-state index contributed by atoms with van der Waals surface area (Å²) in [6.07, 6.45) is 10.6.